The lowest BCUT2D eigenvalue weighted by atomic mass is 9.96. The highest BCUT2D eigenvalue weighted by molar-refractivity contribution is 6.30. The fourth-order valence-electron chi connectivity index (χ4n) is 2.74. The number of benzene rings is 1. The third kappa shape index (κ3) is 4.18. The van der Waals surface area contributed by atoms with E-state index in [0.717, 1.165) is 30.9 Å². The molecule has 2 rings (SSSR count). The van der Waals surface area contributed by atoms with Crippen LogP contribution in [0.25, 0.3) is 0 Å². The normalized spacial score (nSPS) is 20.7. The Labute approximate surface area is 120 Å². The monoisotopic (exact) mass is 282 g/mol. The van der Waals surface area contributed by atoms with E-state index in [0.29, 0.717) is 6.10 Å². The van der Waals surface area contributed by atoms with Gasteiger partial charge in [0.25, 0.3) is 0 Å². The van der Waals surface area contributed by atoms with Crippen LogP contribution in [0.2, 0.25) is 5.02 Å². The van der Waals surface area contributed by atoms with Crippen molar-refractivity contribution in [2.24, 2.45) is 5.84 Å². The number of ether oxygens (including phenoxy) is 1. The molecule has 1 aliphatic rings. The van der Waals surface area contributed by atoms with Crippen molar-refractivity contribution in [3.8, 4) is 0 Å². The van der Waals surface area contributed by atoms with Crippen molar-refractivity contribution in [1.82, 2.24) is 5.43 Å². The van der Waals surface area contributed by atoms with E-state index in [9.17, 15) is 0 Å². The standard InChI is InChI=1S/C15H23ClN2O/c1-11-7-8-12(16)10-14(11)15(18-17)6-2-4-13-5-3-9-19-13/h7-8,10,13,15,18H,2-6,9,17H2,1H3. The van der Waals surface area contributed by atoms with Crippen molar-refractivity contribution in [2.45, 2.75) is 51.2 Å². The third-order valence-corrected chi connectivity index (χ3v) is 4.10. The predicted octanol–water partition coefficient (Wildman–Crippen LogP) is 3.50. The summed E-state index contributed by atoms with van der Waals surface area (Å²) in [4.78, 5) is 0. The molecule has 3 nitrogen and oxygen atoms in total. The molecule has 1 fully saturated rings. The summed E-state index contributed by atoms with van der Waals surface area (Å²) in [5.74, 6) is 5.69. The predicted molar refractivity (Wildman–Crippen MR) is 79.1 cm³/mol. The van der Waals surface area contributed by atoms with Gasteiger partial charge in [0.05, 0.1) is 6.10 Å². The Balaban J connectivity index is 1.89. The summed E-state index contributed by atoms with van der Waals surface area (Å²) in [7, 11) is 0. The summed E-state index contributed by atoms with van der Waals surface area (Å²) in [5.41, 5.74) is 5.34. The van der Waals surface area contributed by atoms with E-state index in [4.69, 9.17) is 22.2 Å². The summed E-state index contributed by atoms with van der Waals surface area (Å²) in [5, 5.41) is 0.764. The molecule has 0 spiro atoms. The Hall–Kier alpha value is -0.610. The number of hydrogen-bond acceptors (Lipinski definition) is 3. The van der Waals surface area contributed by atoms with Gasteiger partial charge in [0.1, 0.15) is 0 Å². The van der Waals surface area contributed by atoms with Crippen LogP contribution in [0.5, 0.6) is 0 Å². The zero-order valence-electron chi connectivity index (χ0n) is 11.5. The molecule has 2 unspecified atom stereocenters. The number of hydrogen-bond donors (Lipinski definition) is 2. The van der Waals surface area contributed by atoms with E-state index in [1.807, 2.05) is 18.2 Å². The van der Waals surface area contributed by atoms with Gasteiger partial charge >= 0.3 is 0 Å². The van der Waals surface area contributed by atoms with E-state index in [1.54, 1.807) is 0 Å². The molecule has 0 saturated carbocycles. The Kier molecular flexibility index (Phi) is 5.64. The van der Waals surface area contributed by atoms with E-state index >= 15 is 0 Å². The van der Waals surface area contributed by atoms with Crippen LogP contribution in [0.15, 0.2) is 18.2 Å². The molecule has 3 N–H and O–H groups in total. The molecule has 0 radical (unpaired) electrons. The maximum absolute atomic E-state index is 6.07. The number of rotatable bonds is 6. The van der Waals surface area contributed by atoms with Crippen molar-refractivity contribution in [3.63, 3.8) is 0 Å². The quantitative estimate of drug-likeness (QED) is 0.620. The molecule has 4 heteroatoms. The largest absolute Gasteiger partial charge is 0.378 e. The van der Waals surface area contributed by atoms with Gasteiger partial charge in [-0.15, -0.1) is 0 Å². The van der Waals surface area contributed by atoms with Gasteiger partial charge in [0, 0.05) is 17.7 Å². The molecule has 1 aliphatic heterocycles. The van der Waals surface area contributed by atoms with Gasteiger partial charge in [-0.05, 0) is 62.3 Å². The first-order valence-electron chi connectivity index (χ1n) is 7.04. The lowest BCUT2D eigenvalue weighted by Gasteiger charge is -2.19. The highest BCUT2D eigenvalue weighted by Gasteiger charge is 2.17. The molecule has 0 amide bonds. The van der Waals surface area contributed by atoms with Crippen LogP contribution in [0, 0.1) is 6.92 Å². The van der Waals surface area contributed by atoms with E-state index in [1.165, 1.54) is 24.0 Å². The first-order chi connectivity index (χ1) is 9.20. The Bertz CT molecular complexity index is 405. The molecule has 0 aromatic heterocycles. The van der Waals surface area contributed by atoms with Crippen LogP contribution < -0.4 is 11.3 Å². The fourth-order valence-corrected chi connectivity index (χ4v) is 2.92. The minimum Gasteiger partial charge on any atom is -0.378 e. The fraction of sp³-hybridized carbons (Fsp3) is 0.600. The molecule has 106 valence electrons. The molecule has 0 aliphatic carbocycles. The molecule has 1 aromatic carbocycles. The van der Waals surface area contributed by atoms with Gasteiger partial charge in [-0.2, -0.15) is 0 Å². The average Bonchev–Trinajstić information content (AvgIpc) is 2.91. The van der Waals surface area contributed by atoms with E-state index in [2.05, 4.69) is 12.3 Å². The molecular weight excluding hydrogens is 260 g/mol. The Morgan fingerprint density at radius 3 is 3.05 bits per heavy atom. The van der Waals surface area contributed by atoms with E-state index in [-0.39, 0.29) is 6.04 Å². The zero-order valence-corrected chi connectivity index (χ0v) is 12.2. The molecule has 1 aromatic rings. The van der Waals surface area contributed by atoms with Crippen LogP contribution in [0.4, 0.5) is 0 Å². The maximum Gasteiger partial charge on any atom is 0.0576 e. The van der Waals surface area contributed by atoms with Crippen molar-refractivity contribution in [3.05, 3.63) is 34.3 Å². The highest BCUT2D eigenvalue weighted by atomic mass is 35.5. The highest BCUT2D eigenvalue weighted by Crippen LogP contribution is 2.26. The SMILES string of the molecule is Cc1ccc(Cl)cc1C(CCCC1CCCO1)NN. The van der Waals surface area contributed by atoms with Crippen LogP contribution in [-0.2, 0) is 4.74 Å². The van der Waals surface area contributed by atoms with Crippen LogP contribution in [-0.4, -0.2) is 12.7 Å². The minimum atomic E-state index is 0.167. The molecule has 0 bridgehead atoms. The van der Waals surface area contributed by atoms with Gasteiger partial charge in [-0.3, -0.25) is 11.3 Å². The van der Waals surface area contributed by atoms with Gasteiger partial charge < -0.3 is 4.74 Å². The number of aryl methyl sites for hydroxylation is 1. The lowest BCUT2D eigenvalue weighted by Crippen LogP contribution is -2.28. The van der Waals surface area contributed by atoms with Gasteiger partial charge in [0.2, 0.25) is 0 Å². The second-order valence-electron chi connectivity index (χ2n) is 5.29. The first-order valence-corrected chi connectivity index (χ1v) is 7.42. The molecule has 1 heterocycles. The summed E-state index contributed by atoms with van der Waals surface area (Å²) in [6, 6.07) is 6.13. The number of nitrogens with one attached hydrogen (secondary N) is 1. The summed E-state index contributed by atoms with van der Waals surface area (Å²) in [6.45, 7) is 3.02. The molecule has 2 atom stereocenters. The third-order valence-electron chi connectivity index (χ3n) is 3.86. The van der Waals surface area contributed by atoms with Gasteiger partial charge in [-0.25, -0.2) is 0 Å². The average molecular weight is 283 g/mol. The summed E-state index contributed by atoms with van der Waals surface area (Å²) >= 11 is 6.07. The van der Waals surface area contributed by atoms with E-state index < -0.39 is 0 Å². The van der Waals surface area contributed by atoms with Gasteiger partial charge in [0.15, 0.2) is 0 Å². The van der Waals surface area contributed by atoms with Crippen molar-refractivity contribution in [2.75, 3.05) is 6.61 Å². The van der Waals surface area contributed by atoms with Gasteiger partial charge in [-0.1, -0.05) is 17.7 Å². The Morgan fingerprint density at radius 2 is 2.37 bits per heavy atom. The number of hydrazine groups is 1. The van der Waals surface area contributed by atoms with Crippen molar-refractivity contribution < 1.29 is 4.74 Å². The molecule has 1 saturated heterocycles. The number of halogens is 1. The van der Waals surface area contributed by atoms with Crippen molar-refractivity contribution in [1.29, 1.82) is 0 Å². The Morgan fingerprint density at radius 1 is 1.53 bits per heavy atom. The second-order valence-corrected chi connectivity index (χ2v) is 5.72. The zero-order chi connectivity index (χ0) is 13.7. The first kappa shape index (κ1) is 14.8. The smallest absolute Gasteiger partial charge is 0.0576 e. The van der Waals surface area contributed by atoms with Crippen LogP contribution in [0.3, 0.4) is 0 Å². The lowest BCUT2D eigenvalue weighted by molar-refractivity contribution is 0.101. The van der Waals surface area contributed by atoms with Crippen LogP contribution >= 0.6 is 11.6 Å². The summed E-state index contributed by atoms with van der Waals surface area (Å²) in [6.07, 6.45) is 6.12. The minimum absolute atomic E-state index is 0.167. The maximum atomic E-state index is 6.07. The number of nitrogens with two attached hydrogens (primary N) is 1. The molecule has 19 heavy (non-hydrogen) atoms. The second kappa shape index (κ2) is 7.25. The molecular formula is C15H23ClN2O. The van der Waals surface area contributed by atoms with Crippen LogP contribution in [0.1, 0.15) is 49.3 Å². The summed E-state index contributed by atoms with van der Waals surface area (Å²) < 4.78 is 5.64. The van der Waals surface area contributed by atoms with Crippen molar-refractivity contribution >= 4 is 11.6 Å². The topological polar surface area (TPSA) is 47.3 Å².